The summed E-state index contributed by atoms with van der Waals surface area (Å²) < 4.78 is 27.1. The van der Waals surface area contributed by atoms with Gasteiger partial charge in [-0.15, -0.1) is 0 Å². The molecule has 1 aliphatic heterocycles. The average Bonchev–Trinajstić information content (AvgIpc) is 2.84. The Hall–Kier alpha value is -2.96. The molecule has 1 saturated heterocycles. The fourth-order valence-corrected chi connectivity index (χ4v) is 5.47. The van der Waals surface area contributed by atoms with Crippen LogP contribution in [0.5, 0.6) is 0 Å². The number of nitrogens with zero attached hydrogens (tertiary/aromatic N) is 2. The lowest BCUT2D eigenvalue weighted by Crippen LogP contribution is -2.50. The summed E-state index contributed by atoms with van der Waals surface area (Å²) in [7, 11) is -3.52. The molecule has 1 fully saturated rings. The number of sulfonamides is 1. The second-order valence-electron chi connectivity index (χ2n) is 7.68. The molecule has 0 atom stereocenters. The maximum Gasteiger partial charge on any atom is 0.243 e. The third-order valence-electron chi connectivity index (χ3n) is 5.75. The first kappa shape index (κ1) is 21.3. The Morgan fingerprint density at radius 2 is 1.16 bits per heavy atom. The van der Waals surface area contributed by atoms with Crippen LogP contribution in [0.3, 0.4) is 0 Å². The third kappa shape index (κ3) is 4.86. The highest BCUT2D eigenvalue weighted by atomic mass is 32.2. The van der Waals surface area contributed by atoms with Crippen molar-refractivity contribution in [1.29, 1.82) is 0 Å². The Balaban J connectivity index is 1.44. The number of rotatable bonds is 6. The maximum atomic E-state index is 13.1. The molecule has 0 spiro atoms. The number of piperazine rings is 1. The number of hydrogen-bond donors (Lipinski definition) is 0. The van der Waals surface area contributed by atoms with E-state index in [2.05, 4.69) is 24.3 Å². The van der Waals surface area contributed by atoms with Gasteiger partial charge in [0.1, 0.15) is 0 Å². The molecule has 6 heteroatoms. The lowest BCUT2D eigenvalue weighted by atomic mass is 9.88. The lowest BCUT2D eigenvalue weighted by molar-refractivity contribution is -0.132. The first-order valence-corrected chi connectivity index (χ1v) is 11.9. The zero-order valence-corrected chi connectivity index (χ0v) is 18.1. The van der Waals surface area contributed by atoms with Crippen LogP contribution in [0, 0.1) is 0 Å². The van der Waals surface area contributed by atoms with Crippen LogP contribution in [0.2, 0.25) is 0 Å². The Bertz CT molecular complexity index is 1060. The Labute approximate surface area is 184 Å². The van der Waals surface area contributed by atoms with Gasteiger partial charge in [0.25, 0.3) is 0 Å². The molecular formula is C25H26N2O3S. The van der Waals surface area contributed by atoms with E-state index in [9.17, 15) is 13.2 Å². The molecule has 0 aromatic heterocycles. The van der Waals surface area contributed by atoms with Crippen molar-refractivity contribution in [3.63, 3.8) is 0 Å². The van der Waals surface area contributed by atoms with Gasteiger partial charge >= 0.3 is 0 Å². The van der Waals surface area contributed by atoms with E-state index in [1.54, 1.807) is 35.2 Å². The fourth-order valence-electron chi connectivity index (χ4n) is 4.02. The molecule has 0 bridgehead atoms. The van der Waals surface area contributed by atoms with Crippen LogP contribution in [0.25, 0.3) is 0 Å². The maximum absolute atomic E-state index is 13.1. The second-order valence-corrected chi connectivity index (χ2v) is 9.61. The Morgan fingerprint density at radius 1 is 0.710 bits per heavy atom. The van der Waals surface area contributed by atoms with Crippen LogP contribution in [0.1, 0.15) is 23.5 Å². The molecule has 1 heterocycles. The van der Waals surface area contributed by atoms with E-state index >= 15 is 0 Å². The number of carbonyl (C=O) groups excluding carboxylic acids is 1. The summed E-state index contributed by atoms with van der Waals surface area (Å²) in [6, 6.07) is 28.6. The first-order chi connectivity index (χ1) is 15.1. The largest absolute Gasteiger partial charge is 0.340 e. The summed E-state index contributed by atoms with van der Waals surface area (Å²) in [6.45, 7) is 1.43. The van der Waals surface area contributed by atoms with E-state index in [0.717, 1.165) is 11.1 Å². The zero-order chi connectivity index (χ0) is 21.7. The summed E-state index contributed by atoms with van der Waals surface area (Å²) in [5, 5.41) is 0. The average molecular weight is 435 g/mol. The number of carbonyl (C=O) groups is 1. The number of hydrogen-bond acceptors (Lipinski definition) is 3. The van der Waals surface area contributed by atoms with Crippen molar-refractivity contribution in [3.05, 3.63) is 102 Å². The Morgan fingerprint density at radius 3 is 1.65 bits per heavy atom. The Kier molecular flexibility index (Phi) is 6.49. The summed E-state index contributed by atoms with van der Waals surface area (Å²) in [6.07, 6.45) is 0.361. The van der Waals surface area contributed by atoms with E-state index in [4.69, 9.17) is 0 Å². The van der Waals surface area contributed by atoms with Crippen LogP contribution in [0.4, 0.5) is 0 Å². The van der Waals surface area contributed by atoms with Gasteiger partial charge in [0, 0.05) is 38.5 Å². The van der Waals surface area contributed by atoms with Crippen molar-refractivity contribution in [2.75, 3.05) is 26.2 Å². The van der Waals surface area contributed by atoms with E-state index in [1.165, 1.54) is 4.31 Å². The van der Waals surface area contributed by atoms with E-state index in [1.807, 2.05) is 36.4 Å². The minimum Gasteiger partial charge on any atom is -0.340 e. The van der Waals surface area contributed by atoms with Gasteiger partial charge in [-0.05, 0) is 23.3 Å². The standard InChI is InChI=1S/C25H26N2O3S/c28-25(20-24(21-10-4-1-5-11-21)22-12-6-2-7-13-22)26-16-18-27(19-17-26)31(29,30)23-14-8-3-9-15-23/h1-15,24H,16-20H2. The lowest BCUT2D eigenvalue weighted by Gasteiger charge is -2.34. The second kappa shape index (κ2) is 9.45. The third-order valence-corrected chi connectivity index (χ3v) is 7.67. The smallest absolute Gasteiger partial charge is 0.243 e. The fraction of sp³-hybridized carbons (Fsp3) is 0.240. The molecule has 3 aromatic carbocycles. The molecule has 0 saturated carbocycles. The van der Waals surface area contributed by atoms with Crippen molar-refractivity contribution >= 4 is 15.9 Å². The molecule has 5 nitrogen and oxygen atoms in total. The molecule has 0 N–H and O–H groups in total. The monoisotopic (exact) mass is 434 g/mol. The summed E-state index contributed by atoms with van der Waals surface area (Å²) >= 11 is 0. The molecule has 31 heavy (non-hydrogen) atoms. The molecule has 1 amide bonds. The molecule has 0 unspecified atom stereocenters. The highest BCUT2D eigenvalue weighted by Crippen LogP contribution is 2.29. The SMILES string of the molecule is O=C(CC(c1ccccc1)c1ccccc1)N1CCN(S(=O)(=O)c2ccccc2)CC1. The van der Waals surface area contributed by atoms with Crippen LogP contribution in [0.15, 0.2) is 95.9 Å². The van der Waals surface area contributed by atoms with Crippen LogP contribution in [-0.2, 0) is 14.8 Å². The van der Waals surface area contributed by atoms with Crippen molar-refractivity contribution in [2.24, 2.45) is 0 Å². The molecule has 160 valence electrons. The quantitative estimate of drug-likeness (QED) is 0.594. The molecular weight excluding hydrogens is 408 g/mol. The van der Waals surface area contributed by atoms with Gasteiger partial charge in [0.15, 0.2) is 0 Å². The zero-order valence-electron chi connectivity index (χ0n) is 17.3. The van der Waals surface area contributed by atoms with Gasteiger partial charge in [0.05, 0.1) is 4.90 Å². The highest BCUT2D eigenvalue weighted by molar-refractivity contribution is 7.89. The first-order valence-electron chi connectivity index (χ1n) is 10.5. The predicted molar refractivity (Wildman–Crippen MR) is 121 cm³/mol. The molecule has 0 aliphatic carbocycles. The van der Waals surface area contributed by atoms with Gasteiger partial charge < -0.3 is 4.90 Å². The summed E-state index contributed by atoms with van der Waals surface area (Å²) in [5.74, 6) is 0.0236. The van der Waals surface area contributed by atoms with Gasteiger partial charge in [0.2, 0.25) is 15.9 Å². The number of benzene rings is 3. The topological polar surface area (TPSA) is 57.7 Å². The van der Waals surface area contributed by atoms with Crippen molar-refractivity contribution in [3.8, 4) is 0 Å². The summed E-state index contributed by atoms with van der Waals surface area (Å²) in [5.41, 5.74) is 2.21. The molecule has 4 rings (SSSR count). The number of amides is 1. The minimum absolute atomic E-state index is 0.0269. The van der Waals surface area contributed by atoms with E-state index < -0.39 is 10.0 Å². The van der Waals surface area contributed by atoms with Gasteiger partial charge in [-0.1, -0.05) is 78.9 Å². The molecule has 3 aromatic rings. The summed E-state index contributed by atoms with van der Waals surface area (Å²) in [4.78, 5) is 15.2. The minimum atomic E-state index is -3.52. The molecule has 1 aliphatic rings. The van der Waals surface area contributed by atoms with Gasteiger partial charge in [-0.25, -0.2) is 8.42 Å². The van der Waals surface area contributed by atoms with Gasteiger partial charge in [-0.3, -0.25) is 4.79 Å². The van der Waals surface area contributed by atoms with Crippen LogP contribution < -0.4 is 0 Å². The predicted octanol–water partition coefficient (Wildman–Crippen LogP) is 3.74. The van der Waals surface area contributed by atoms with Crippen LogP contribution in [-0.4, -0.2) is 49.7 Å². The molecule has 0 radical (unpaired) electrons. The van der Waals surface area contributed by atoms with E-state index in [-0.39, 0.29) is 11.8 Å². The highest BCUT2D eigenvalue weighted by Gasteiger charge is 2.31. The van der Waals surface area contributed by atoms with Crippen molar-refractivity contribution in [2.45, 2.75) is 17.2 Å². The van der Waals surface area contributed by atoms with Crippen molar-refractivity contribution in [1.82, 2.24) is 9.21 Å². The van der Waals surface area contributed by atoms with Crippen LogP contribution >= 0.6 is 0 Å². The van der Waals surface area contributed by atoms with Crippen molar-refractivity contribution < 1.29 is 13.2 Å². The van der Waals surface area contributed by atoms with Gasteiger partial charge in [-0.2, -0.15) is 4.31 Å². The normalized spacial score (nSPS) is 15.2. The van der Waals surface area contributed by atoms with E-state index in [0.29, 0.717) is 37.5 Å².